The Bertz CT molecular complexity index is 795. The molecular weight excluding hydrogens is 358 g/mol. The van der Waals surface area contributed by atoms with Gasteiger partial charge in [-0.25, -0.2) is 0 Å². The van der Waals surface area contributed by atoms with E-state index in [9.17, 15) is 0 Å². The van der Waals surface area contributed by atoms with Gasteiger partial charge in [0.15, 0.2) is 5.11 Å². The second-order valence-corrected chi connectivity index (χ2v) is 7.21. The maximum atomic E-state index is 5.67. The molecule has 0 spiro atoms. The molecule has 0 aliphatic carbocycles. The van der Waals surface area contributed by atoms with E-state index in [1.165, 1.54) is 11.3 Å². The third-order valence-electron chi connectivity index (χ3n) is 4.92. The summed E-state index contributed by atoms with van der Waals surface area (Å²) in [6.07, 6.45) is 0. The van der Waals surface area contributed by atoms with Crippen LogP contribution in [0, 0.1) is 6.92 Å². The normalized spacial score (nSPS) is 16.8. The molecule has 3 rings (SSSR count). The summed E-state index contributed by atoms with van der Waals surface area (Å²) in [5.41, 5.74) is 3.29. The Labute approximate surface area is 166 Å². The fourth-order valence-electron chi connectivity index (χ4n) is 3.41. The van der Waals surface area contributed by atoms with Crippen LogP contribution in [0.5, 0.6) is 11.5 Å². The molecule has 5 nitrogen and oxygen atoms in total. The van der Waals surface area contributed by atoms with Gasteiger partial charge in [0.2, 0.25) is 0 Å². The number of thiocarbonyl (C=S) groups is 1. The van der Waals surface area contributed by atoms with Gasteiger partial charge >= 0.3 is 0 Å². The van der Waals surface area contributed by atoms with Gasteiger partial charge in [0.25, 0.3) is 0 Å². The van der Waals surface area contributed by atoms with Crippen molar-refractivity contribution in [3.8, 4) is 11.5 Å². The van der Waals surface area contributed by atoms with E-state index in [1.54, 1.807) is 14.2 Å². The fraction of sp³-hybridized carbons (Fsp3) is 0.381. The quantitative estimate of drug-likeness (QED) is 0.804. The minimum absolute atomic E-state index is 0.353. The number of piperazine rings is 1. The molecule has 0 radical (unpaired) electrons. The lowest BCUT2D eigenvalue weighted by molar-refractivity contribution is 0.342. The molecule has 2 aromatic rings. The van der Waals surface area contributed by atoms with E-state index in [2.05, 4.69) is 47.2 Å². The first-order valence-corrected chi connectivity index (χ1v) is 9.54. The van der Waals surface area contributed by atoms with E-state index in [1.807, 2.05) is 24.3 Å². The van der Waals surface area contributed by atoms with Crippen molar-refractivity contribution in [2.24, 2.45) is 0 Å². The number of rotatable bonds is 4. The Morgan fingerprint density at radius 2 is 1.81 bits per heavy atom. The zero-order chi connectivity index (χ0) is 19.4. The minimum Gasteiger partial charge on any atom is -0.497 e. The molecule has 144 valence electrons. The third kappa shape index (κ3) is 4.45. The van der Waals surface area contributed by atoms with Gasteiger partial charge < -0.3 is 24.6 Å². The summed E-state index contributed by atoms with van der Waals surface area (Å²) in [5, 5.41) is 4.10. The summed E-state index contributed by atoms with van der Waals surface area (Å²) in [5.74, 6) is 1.68. The SMILES string of the molecule is COc1ccc(N2CCN(C(=S)Nc3cc(C)ccc3OC)CC2C)cc1. The highest BCUT2D eigenvalue weighted by Gasteiger charge is 2.25. The molecule has 1 unspecified atom stereocenters. The van der Waals surface area contributed by atoms with Crippen molar-refractivity contribution < 1.29 is 9.47 Å². The topological polar surface area (TPSA) is 37.0 Å². The standard InChI is InChI=1S/C21H27N3O2S/c1-15-5-10-20(26-4)19(13-15)22-21(27)23-11-12-24(16(2)14-23)17-6-8-18(25-3)9-7-17/h5-10,13,16H,11-12,14H2,1-4H3,(H,22,27). The summed E-state index contributed by atoms with van der Waals surface area (Å²) in [4.78, 5) is 4.63. The first kappa shape index (κ1) is 19.3. The Morgan fingerprint density at radius 3 is 2.44 bits per heavy atom. The number of anilines is 2. The van der Waals surface area contributed by atoms with Crippen molar-refractivity contribution in [1.82, 2.24) is 4.90 Å². The van der Waals surface area contributed by atoms with E-state index in [-0.39, 0.29) is 0 Å². The highest BCUT2D eigenvalue weighted by molar-refractivity contribution is 7.80. The van der Waals surface area contributed by atoms with Gasteiger partial charge in [0.05, 0.1) is 19.9 Å². The van der Waals surface area contributed by atoms with Crippen LogP contribution in [0.3, 0.4) is 0 Å². The van der Waals surface area contributed by atoms with E-state index in [0.29, 0.717) is 6.04 Å². The molecule has 1 fully saturated rings. The molecule has 1 saturated heterocycles. The molecular formula is C21H27N3O2S. The van der Waals surface area contributed by atoms with Gasteiger partial charge in [-0.05, 0) is 68.0 Å². The number of benzene rings is 2. The number of nitrogens with one attached hydrogen (secondary N) is 1. The van der Waals surface area contributed by atoms with Crippen LogP contribution in [0.2, 0.25) is 0 Å². The molecule has 27 heavy (non-hydrogen) atoms. The largest absolute Gasteiger partial charge is 0.497 e. The maximum absolute atomic E-state index is 5.67. The average molecular weight is 386 g/mol. The molecule has 1 N–H and O–H groups in total. The second-order valence-electron chi connectivity index (χ2n) is 6.82. The number of ether oxygens (including phenoxy) is 2. The van der Waals surface area contributed by atoms with E-state index in [4.69, 9.17) is 21.7 Å². The van der Waals surface area contributed by atoms with Crippen molar-refractivity contribution in [1.29, 1.82) is 0 Å². The highest BCUT2D eigenvalue weighted by Crippen LogP contribution is 2.27. The van der Waals surface area contributed by atoms with Crippen LogP contribution in [0.4, 0.5) is 11.4 Å². The number of methoxy groups -OCH3 is 2. The molecule has 0 saturated carbocycles. The number of hydrogen-bond acceptors (Lipinski definition) is 4. The van der Waals surface area contributed by atoms with Crippen LogP contribution >= 0.6 is 12.2 Å². The van der Waals surface area contributed by atoms with Gasteiger partial charge in [-0.3, -0.25) is 0 Å². The smallest absolute Gasteiger partial charge is 0.173 e. The molecule has 1 heterocycles. The predicted molar refractivity (Wildman–Crippen MR) is 115 cm³/mol. The number of aryl methyl sites for hydroxylation is 1. The van der Waals surface area contributed by atoms with Crippen LogP contribution in [-0.2, 0) is 0 Å². The average Bonchev–Trinajstić information content (AvgIpc) is 2.68. The number of nitrogens with zero attached hydrogens (tertiary/aromatic N) is 2. The molecule has 1 atom stereocenters. The van der Waals surface area contributed by atoms with Crippen LogP contribution in [0.1, 0.15) is 12.5 Å². The summed E-state index contributed by atoms with van der Waals surface area (Å²) >= 11 is 5.67. The van der Waals surface area contributed by atoms with Crippen LogP contribution in [0.15, 0.2) is 42.5 Å². The lowest BCUT2D eigenvalue weighted by Crippen LogP contribution is -2.54. The monoisotopic (exact) mass is 385 g/mol. The minimum atomic E-state index is 0.353. The first-order chi connectivity index (χ1) is 13.0. The van der Waals surface area contributed by atoms with Crippen LogP contribution in [0.25, 0.3) is 0 Å². The Kier molecular flexibility index (Phi) is 6.06. The summed E-state index contributed by atoms with van der Waals surface area (Å²) in [6, 6.07) is 14.6. The molecule has 0 bridgehead atoms. The predicted octanol–water partition coefficient (Wildman–Crippen LogP) is 3.92. The van der Waals surface area contributed by atoms with Gasteiger partial charge in [-0.1, -0.05) is 6.07 Å². The summed E-state index contributed by atoms with van der Waals surface area (Å²) in [7, 11) is 3.36. The lowest BCUT2D eigenvalue weighted by Gasteiger charge is -2.42. The van der Waals surface area contributed by atoms with Crippen LogP contribution in [-0.4, -0.2) is 49.9 Å². The fourth-order valence-corrected chi connectivity index (χ4v) is 3.69. The van der Waals surface area contributed by atoms with E-state index >= 15 is 0 Å². The Morgan fingerprint density at radius 1 is 1.07 bits per heavy atom. The van der Waals surface area contributed by atoms with Gasteiger partial charge in [0, 0.05) is 31.4 Å². The van der Waals surface area contributed by atoms with Crippen molar-refractivity contribution in [2.45, 2.75) is 19.9 Å². The zero-order valence-corrected chi connectivity index (χ0v) is 17.2. The van der Waals surface area contributed by atoms with Crippen molar-refractivity contribution in [3.05, 3.63) is 48.0 Å². The zero-order valence-electron chi connectivity index (χ0n) is 16.4. The van der Waals surface area contributed by atoms with E-state index < -0.39 is 0 Å². The van der Waals surface area contributed by atoms with Crippen molar-refractivity contribution in [2.75, 3.05) is 44.1 Å². The maximum Gasteiger partial charge on any atom is 0.173 e. The molecule has 1 aliphatic rings. The Balaban J connectivity index is 1.65. The van der Waals surface area contributed by atoms with Gasteiger partial charge in [-0.2, -0.15) is 0 Å². The van der Waals surface area contributed by atoms with Gasteiger partial charge in [-0.15, -0.1) is 0 Å². The molecule has 0 amide bonds. The molecule has 1 aliphatic heterocycles. The summed E-state index contributed by atoms with van der Waals surface area (Å²) in [6.45, 7) is 6.94. The first-order valence-electron chi connectivity index (χ1n) is 9.13. The molecule has 0 aromatic heterocycles. The molecule has 2 aromatic carbocycles. The third-order valence-corrected chi connectivity index (χ3v) is 5.28. The van der Waals surface area contributed by atoms with Crippen LogP contribution < -0.4 is 19.7 Å². The second kappa shape index (κ2) is 8.48. The van der Waals surface area contributed by atoms with Crippen molar-refractivity contribution >= 4 is 28.7 Å². The molecule has 6 heteroatoms. The van der Waals surface area contributed by atoms with Crippen molar-refractivity contribution in [3.63, 3.8) is 0 Å². The Hall–Kier alpha value is -2.47. The van der Waals surface area contributed by atoms with E-state index in [0.717, 1.165) is 41.9 Å². The van der Waals surface area contributed by atoms with Gasteiger partial charge in [0.1, 0.15) is 11.5 Å². The number of hydrogen-bond donors (Lipinski definition) is 1. The summed E-state index contributed by atoms with van der Waals surface area (Å²) < 4.78 is 10.7. The highest BCUT2D eigenvalue weighted by atomic mass is 32.1. The lowest BCUT2D eigenvalue weighted by atomic mass is 10.1.